The summed E-state index contributed by atoms with van der Waals surface area (Å²) < 4.78 is 5.21. The van der Waals surface area contributed by atoms with Gasteiger partial charge in [-0.25, -0.2) is 0 Å². The number of rotatable bonds is 1. The van der Waals surface area contributed by atoms with Crippen LogP contribution in [0.5, 0.6) is 5.75 Å². The molecule has 0 radical (unpaired) electrons. The maximum absolute atomic E-state index is 5.21. The Kier molecular flexibility index (Phi) is 4.10. The van der Waals surface area contributed by atoms with E-state index in [0.717, 1.165) is 22.2 Å². The third-order valence-corrected chi connectivity index (χ3v) is 2.12. The molecule has 0 aliphatic rings. The number of aromatic nitrogens is 1. The predicted molar refractivity (Wildman–Crippen MR) is 64.4 cm³/mol. The molecule has 0 fully saturated rings. The van der Waals surface area contributed by atoms with Gasteiger partial charge in [-0.2, -0.15) is 0 Å². The van der Waals surface area contributed by atoms with Crippen LogP contribution in [0.3, 0.4) is 0 Å². The van der Waals surface area contributed by atoms with Crippen LogP contribution in [0.1, 0.15) is 19.4 Å². The van der Waals surface area contributed by atoms with Gasteiger partial charge in [-0.3, -0.25) is 4.98 Å². The fourth-order valence-corrected chi connectivity index (χ4v) is 1.43. The van der Waals surface area contributed by atoms with Crippen molar-refractivity contribution in [2.24, 2.45) is 0 Å². The Bertz CT molecular complexity index is 437. The first kappa shape index (κ1) is 11.5. The van der Waals surface area contributed by atoms with E-state index >= 15 is 0 Å². The third kappa shape index (κ3) is 2.46. The van der Waals surface area contributed by atoms with Crippen LogP contribution in [0.25, 0.3) is 10.9 Å². The molecule has 2 rings (SSSR count). The highest BCUT2D eigenvalue weighted by Gasteiger charge is 2.00. The highest BCUT2D eigenvalue weighted by Crippen LogP contribution is 2.23. The second-order valence-corrected chi connectivity index (χ2v) is 3.02. The Hall–Kier alpha value is -1.57. The van der Waals surface area contributed by atoms with E-state index in [4.69, 9.17) is 4.74 Å². The lowest BCUT2D eigenvalue weighted by Crippen LogP contribution is -1.88. The minimum absolute atomic E-state index is 0.895. The van der Waals surface area contributed by atoms with E-state index < -0.39 is 0 Å². The van der Waals surface area contributed by atoms with Crippen molar-refractivity contribution < 1.29 is 4.74 Å². The zero-order valence-electron chi connectivity index (χ0n) is 9.74. The summed E-state index contributed by atoms with van der Waals surface area (Å²) in [5.74, 6) is 0.895. The van der Waals surface area contributed by atoms with Gasteiger partial charge in [-0.05, 0) is 24.6 Å². The van der Waals surface area contributed by atoms with Crippen LogP contribution in [0.4, 0.5) is 0 Å². The molecule has 2 nitrogen and oxygen atoms in total. The van der Waals surface area contributed by atoms with Crippen LogP contribution in [0.2, 0.25) is 0 Å². The number of hydrogen-bond donors (Lipinski definition) is 0. The number of aryl methyl sites for hydroxylation is 1. The van der Waals surface area contributed by atoms with Gasteiger partial charge in [0, 0.05) is 17.6 Å². The Morgan fingerprint density at radius 2 is 1.93 bits per heavy atom. The molecule has 1 heterocycles. The Labute approximate surface area is 90.9 Å². The van der Waals surface area contributed by atoms with Crippen molar-refractivity contribution in [3.05, 3.63) is 36.0 Å². The molecule has 0 N–H and O–H groups in total. The largest absolute Gasteiger partial charge is 0.496 e. The first-order valence-electron chi connectivity index (χ1n) is 5.20. The summed E-state index contributed by atoms with van der Waals surface area (Å²) >= 11 is 0. The number of pyridine rings is 1. The standard InChI is InChI=1S/C11H11NO.C2H6/c1-8-6-9-4-3-5-12-10(9)7-11(8)13-2;1-2/h3-7H,1-2H3;1-2H3. The van der Waals surface area contributed by atoms with Gasteiger partial charge in [-0.15, -0.1) is 0 Å². The van der Waals surface area contributed by atoms with Crippen molar-refractivity contribution >= 4 is 10.9 Å². The van der Waals surface area contributed by atoms with E-state index in [0.29, 0.717) is 0 Å². The van der Waals surface area contributed by atoms with Gasteiger partial charge >= 0.3 is 0 Å². The lowest BCUT2D eigenvalue weighted by atomic mass is 10.1. The van der Waals surface area contributed by atoms with E-state index in [9.17, 15) is 0 Å². The molecule has 0 atom stereocenters. The maximum Gasteiger partial charge on any atom is 0.123 e. The average Bonchev–Trinajstić information content (AvgIpc) is 2.31. The van der Waals surface area contributed by atoms with Crippen LogP contribution >= 0.6 is 0 Å². The molecule has 0 aliphatic heterocycles. The van der Waals surface area contributed by atoms with Crippen LogP contribution in [0, 0.1) is 6.92 Å². The fourth-order valence-electron chi connectivity index (χ4n) is 1.43. The van der Waals surface area contributed by atoms with E-state index in [1.807, 2.05) is 32.9 Å². The number of nitrogens with zero attached hydrogens (tertiary/aromatic N) is 1. The highest BCUT2D eigenvalue weighted by atomic mass is 16.5. The molecular formula is C13H17NO. The molecule has 80 valence electrons. The number of benzene rings is 1. The Morgan fingerprint density at radius 3 is 2.60 bits per heavy atom. The van der Waals surface area contributed by atoms with Crippen molar-refractivity contribution in [1.29, 1.82) is 0 Å². The molecule has 0 spiro atoms. The van der Waals surface area contributed by atoms with Crippen LogP contribution < -0.4 is 4.74 Å². The van der Waals surface area contributed by atoms with E-state index in [1.54, 1.807) is 13.3 Å². The molecule has 0 aliphatic carbocycles. The molecule has 2 aromatic rings. The summed E-state index contributed by atoms with van der Waals surface area (Å²) in [4.78, 5) is 4.25. The first-order chi connectivity index (χ1) is 7.31. The quantitative estimate of drug-likeness (QED) is 0.706. The van der Waals surface area contributed by atoms with Crippen molar-refractivity contribution in [2.45, 2.75) is 20.8 Å². The van der Waals surface area contributed by atoms with Gasteiger partial charge in [0.05, 0.1) is 12.6 Å². The second kappa shape index (κ2) is 5.35. The molecule has 0 amide bonds. The number of hydrogen-bond acceptors (Lipinski definition) is 2. The average molecular weight is 203 g/mol. The summed E-state index contributed by atoms with van der Waals surface area (Å²) in [6.45, 7) is 6.03. The van der Waals surface area contributed by atoms with E-state index in [1.165, 1.54) is 0 Å². The highest BCUT2D eigenvalue weighted by molar-refractivity contribution is 5.81. The lowest BCUT2D eigenvalue weighted by molar-refractivity contribution is 0.412. The SMILES string of the molecule is CC.COc1cc2ncccc2cc1C. The first-order valence-corrected chi connectivity index (χ1v) is 5.20. The number of ether oxygens (including phenoxy) is 1. The molecule has 1 aromatic carbocycles. The van der Waals surface area contributed by atoms with Gasteiger partial charge < -0.3 is 4.74 Å². The van der Waals surface area contributed by atoms with Gasteiger partial charge in [0.2, 0.25) is 0 Å². The normalized spacial score (nSPS) is 9.33. The molecule has 2 heteroatoms. The Morgan fingerprint density at radius 1 is 1.20 bits per heavy atom. The molecule has 0 saturated carbocycles. The van der Waals surface area contributed by atoms with E-state index in [-0.39, 0.29) is 0 Å². The fraction of sp³-hybridized carbons (Fsp3) is 0.308. The Balaban J connectivity index is 0.000000531. The summed E-state index contributed by atoms with van der Waals surface area (Å²) in [6, 6.07) is 8.04. The predicted octanol–water partition coefficient (Wildman–Crippen LogP) is 3.58. The lowest BCUT2D eigenvalue weighted by Gasteiger charge is -2.05. The van der Waals surface area contributed by atoms with Crippen molar-refractivity contribution in [1.82, 2.24) is 4.98 Å². The molecule has 15 heavy (non-hydrogen) atoms. The number of fused-ring (bicyclic) bond motifs is 1. The van der Waals surface area contributed by atoms with Crippen LogP contribution in [-0.4, -0.2) is 12.1 Å². The molecule has 0 saturated heterocycles. The van der Waals surface area contributed by atoms with Crippen molar-refractivity contribution in [2.75, 3.05) is 7.11 Å². The topological polar surface area (TPSA) is 22.1 Å². The maximum atomic E-state index is 5.21. The van der Waals surface area contributed by atoms with Crippen LogP contribution in [0.15, 0.2) is 30.5 Å². The minimum atomic E-state index is 0.895. The second-order valence-electron chi connectivity index (χ2n) is 3.02. The van der Waals surface area contributed by atoms with Crippen molar-refractivity contribution in [3.63, 3.8) is 0 Å². The van der Waals surface area contributed by atoms with Gasteiger partial charge in [-0.1, -0.05) is 19.9 Å². The van der Waals surface area contributed by atoms with Gasteiger partial charge in [0.15, 0.2) is 0 Å². The van der Waals surface area contributed by atoms with Crippen molar-refractivity contribution in [3.8, 4) is 5.75 Å². The van der Waals surface area contributed by atoms with Gasteiger partial charge in [0.1, 0.15) is 5.75 Å². The molecular weight excluding hydrogens is 186 g/mol. The smallest absolute Gasteiger partial charge is 0.123 e. The summed E-state index contributed by atoms with van der Waals surface area (Å²) in [6.07, 6.45) is 1.79. The third-order valence-electron chi connectivity index (χ3n) is 2.12. The molecule has 0 bridgehead atoms. The van der Waals surface area contributed by atoms with Gasteiger partial charge in [0.25, 0.3) is 0 Å². The van der Waals surface area contributed by atoms with Crippen LogP contribution in [-0.2, 0) is 0 Å². The molecule has 1 aromatic heterocycles. The minimum Gasteiger partial charge on any atom is -0.496 e. The molecule has 0 unspecified atom stereocenters. The summed E-state index contributed by atoms with van der Waals surface area (Å²) in [5.41, 5.74) is 2.12. The zero-order valence-corrected chi connectivity index (χ0v) is 9.74. The monoisotopic (exact) mass is 203 g/mol. The zero-order chi connectivity index (χ0) is 11.3. The summed E-state index contributed by atoms with van der Waals surface area (Å²) in [5, 5.41) is 1.15. The summed E-state index contributed by atoms with van der Waals surface area (Å²) in [7, 11) is 1.68. The van der Waals surface area contributed by atoms with E-state index in [2.05, 4.69) is 17.1 Å². The number of methoxy groups -OCH3 is 1.